The third kappa shape index (κ3) is 28.0. The average Bonchev–Trinajstić information content (AvgIpc) is 1.65. The summed E-state index contributed by atoms with van der Waals surface area (Å²) in [4.78, 5) is 120. The summed E-state index contributed by atoms with van der Waals surface area (Å²) < 4.78 is 65.1. The molecule has 14 rings (SSSR count). The summed E-state index contributed by atoms with van der Waals surface area (Å²) in [5.74, 6) is -5.66. The molecule has 0 saturated heterocycles. The van der Waals surface area contributed by atoms with Crippen LogP contribution in [0.3, 0.4) is 0 Å². The van der Waals surface area contributed by atoms with Gasteiger partial charge in [0.25, 0.3) is 17.0 Å². The fraction of sp³-hybridized carbons (Fsp3) is 0.256. The lowest BCUT2D eigenvalue weighted by Crippen LogP contribution is -2.36. The number of H-pyrrole nitrogens is 1. The molecule has 7 N–H and O–H groups in total. The van der Waals surface area contributed by atoms with Gasteiger partial charge in [-0.2, -0.15) is 0 Å². The number of alkyl halides is 2. The highest BCUT2D eigenvalue weighted by molar-refractivity contribution is 9.20. The van der Waals surface area contributed by atoms with Gasteiger partial charge in [0.05, 0.1) is 75.8 Å². The van der Waals surface area contributed by atoms with Gasteiger partial charge in [0, 0.05) is 105 Å². The number of thiazole rings is 2. The SMILES string of the molecule is C1=Cc2cccnc2C1.CC(Br)C(=O)Br.CC(Br)C(=O)C1=CCc2ncccc21.CC(C)(C)OC(=O)NCC(N)=S.Cc1sc(CNC(=O)OC(C)(C)C)nc1C1=CCc2ncccc21.Cc1sc(CNC(=O)c2cccn(Cc3ccc(F)c(F)c3)c2=O)nc1-c1c[nH]c2ccccc12.O=C(O)c1cccn(Cc2ccc(F)c(F)c2)c1=O. The predicted octanol–water partition coefficient (Wildman–Crippen LogP) is 17.3. The number of nitrogens with one attached hydrogen (secondary N) is 4. The molecule has 3 aliphatic rings. The molecule has 33 heteroatoms. The molecule has 0 aliphatic heterocycles. The van der Waals surface area contributed by atoms with Crippen molar-refractivity contribution in [2.45, 2.75) is 136 Å². The maximum absolute atomic E-state index is 13.5. The molecule has 2 unspecified atom stereocenters. The van der Waals surface area contributed by atoms with Crippen LogP contribution in [0.25, 0.3) is 39.4 Å². The third-order valence-corrected chi connectivity index (χ3v) is 21.0. The molecule has 2 atom stereocenters. The van der Waals surface area contributed by atoms with Crippen molar-refractivity contribution in [1.82, 2.24) is 55.0 Å². The lowest BCUT2D eigenvalue weighted by atomic mass is 10.0. The molecule has 8 aromatic heterocycles. The van der Waals surface area contributed by atoms with Crippen LogP contribution in [-0.2, 0) is 64.5 Å². The number of carbonyl (C=O) groups excluding carboxylic acids is 5. The van der Waals surface area contributed by atoms with Crippen molar-refractivity contribution < 1.29 is 60.9 Å². The predicted molar refractivity (Wildman–Crippen MR) is 469 cm³/mol. The smallest absolute Gasteiger partial charge is 0.408 e. The van der Waals surface area contributed by atoms with E-state index in [1.54, 1.807) is 51.3 Å². The average molecular weight is 1870 g/mol. The fourth-order valence-electron chi connectivity index (χ4n) is 11.4. The zero-order valence-corrected chi connectivity index (χ0v) is 73.4. The number of benzene rings is 3. The number of fused-ring (bicyclic) bond motifs is 4. The van der Waals surface area contributed by atoms with Crippen LogP contribution in [0.15, 0.2) is 186 Å². The Labute approximate surface area is 722 Å². The van der Waals surface area contributed by atoms with E-state index in [0.717, 1.165) is 124 Å². The largest absolute Gasteiger partial charge is 0.477 e. The Bertz CT molecular complexity index is 5750. The number of pyridine rings is 5. The maximum Gasteiger partial charge on any atom is 0.408 e. The number of nitrogens with two attached hydrogens (primary N) is 1. The number of carboxylic acid groups (broad SMARTS) is 1. The number of ether oxygens (including phenoxy) is 2. The fourth-order valence-corrected chi connectivity index (χ4v) is 13.5. The second-order valence-electron chi connectivity index (χ2n) is 28.3. The summed E-state index contributed by atoms with van der Waals surface area (Å²) in [6.45, 7) is 19.2. The summed E-state index contributed by atoms with van der Waals surface area (Å²) in [6, 6.07) is 32.2. The number of hydrogen-bond donors (Lipinski definition) is 6. The van der Waals surface area contributed by atoms with Crippen LogP contribution in [0, 0.1) is 37.1 Å². The van der Waals surface area contributed by atoms with Gasteiger partial charge in [-0.3, -0.25) is 38.9 Å². The quantitative estimate of drug-likeness (QED) is 0.0213. The Morgan fingerprint density at radius 1 is 0.613 bits per heavy atom. The van der Waals surface area contributed by atoms with Crippen molar-refractivity contribution in [2.75, 3.05) is 6.54 Å². The van der Waals surface area contributed by atoms with Gasteiger partial charge in [-0.15, -0.1) is 22.7 Å². The highest BCUT2D eigenvalue weighted by Crippen LogP contribution is 2.36. The molecule has 11 aromatic rings. The van der Waals surface area contributed by atoms with Gasteiger partial charge in [0.2, 0.25) is 4.69 Å². The number of para-hydroxylation sites is 1. The minimum absolute atomic E-state index is 0.0107. The number of ketones is 1. The van der Waals surface area contributed by atoms with E-state index in [4.69, 9.17) is 30.3 Å². The van der Waals surface area contributed by atoms with Crippen molar-refractivity contribution in [2.24, 2.45) is 5.73 Å². The van der Waals surface area contributed by atoms with E-state index in [-0.39, 0.29) is 62.4 Å². The molecule has 3 amide bonds. The van der Waals surface area contributed by atoms with E-state index in [1.165, 1.54) is 69.9 Å². The van der Waals surface area contributed by atoms with Crippen molar-refractivity contribution in [1.29, 1.82) is 0 Å². The highest BCUT2D eigenvalue weighted by atomic mass is 79.9. The van der Waals surface area contributed by atoms with Gasteiger partial charge in [0.15, 0.2) is 29.1 Å². The number of halogens is 7. The molecule has 0 saturated carbocycles. The minimum atomic E-state index is -1.33. The number of aromatic nitrogens is 8. The number of rotatable bonds is 17. The number of aryl methyl sites for hydroxylation is 2. The monoisotopic (exact) mass is 1870 g/mol. The Kier molecular flexibility index (Phi) is 34.2. The molecular weight excluding hydrogens is 1790 g/mol. The first-order valence-electron chi connectivity index (χ1n) is 36.8. The summed E-state index contributed by atoms with van der Waals surface area (Å²) in [6.07, 6.45) is 20.3. The number of thiocarbonyl (C=S) groups is 1. The zero-order valence-electron chi connectivity index (χ0n) is 66.2. The van der Waals surface area contributed by atoms with Gasteiger partial charge in [0.1, 0.15) is 32.3 Å². The molecule has 0 radical (unpaired) electrons. The Balaban J connectivity index is 0.000000185. The van der Waals surface area contributed by atoms with Gasteiger partial charge >= 0.3 is 18.2 Å². The normalized spacial score (nSPS) is 12.3. The Hall–Kier alpha value is -11.1. The van der Waals surface area contributed by atoms with E-state index in [1.807, 2.05) is 108 Å². The summed E-state index contributed by atoms with van der Waals surface area (Å²) >= 11 is 16.7. The van der Waals surface area contributed by atoms with E-state index in [2.05, 4.69) is 133 Å². The number of aromatic amines is 1. The number of Topliss-reactive ketones (excluding diaryl/α,β-unsaturated/α-hetero) is 1. The summed E-state index contributed by atoms with van der Waals surface area (Å²) in [5, 5.41) is 19.4. The highest BCUT2D eigenvalue weighted by Gasteiger charge is 2.26. The van der Waals surface area contributed by atoms with Crippen LogP contribution in [0.2, 0.25) is 0 Å². The topological polar surface area (TPSA) is 327 Å². The second kappa shape index (κ2) is 43.6. The lowest BCUT2D eigenvalue weighted by Gasteiger charge is -2.19. The van der Waals surface area contributed by atoms with Crippen LogP contribution in [0.4, 0.5) is 27.2 Å². The van der Waals surface area contributed by atoms with Crippen LogP contribution >= 0.6 is 82.7 Å². The van der Waals surface area contributed by atoms with E-state index in [9.17, 15) is 55.9 Å². The summed E-state index contributed by atoms with van der Waals surface area (Å²) in [7, 11) is 0. The Morgan fingerprint density at radius 2 is 1.12 bits per heavy atom. The van der Waals surface area contributed by atoms with Crippen molar-refractivity contribution in [3.8, 4) is 11.3 Å². The van der Waals surface area contributed by atoms with Gasteiger partial charge in [-0.05, 0) is 175 Å². The molecule has 3 aromatic carbocycles. The number of hydrogen-bond acceptors (Lipinski definition) is 18. The van der Waals surface area contributed by atoms with Crippen molar-refractivity contribution >= 4 is 150 Å². The molecule has 3 aliphatic carbocycles. The van der Waals surface area contributed by atoms with E-state index in [0.29, 0.717) is 22.7 Å². The molecule has 0 fully saturated rings. The molecule has 8 heterocycles. The lowest BCUT2D eigenvalue weighted by molar-refractivity contribution is -0.113. The van der Waals surface area contributed by atoms with E-state index >= 15 is 0 Å². The number of alkyl carbamates (subject to hydrolysis) is 2. The Morgan fingerprint density at radius 3 is 1.66 bits per heavy atom. The molecule has 0 spiro atoms. The maximum atomic E-state index is 13.5. The van der Waals surface area contributed by atoms with Crippen LogP contribution in [0.5, 0.6) is 0 Å². The number of nitrogens with zero attached hydrogens (tertiary/aromatic N) is 7. The van der Waals surface area contributed by atoms with Crippen LogP contribution in [-0.4, -0.2) is 111 Å². The minimum Gasteiger partial charge on any atom is -0.477 e. The molecular formula is C86H85Br3F4N12O11S3. The number of carboxylic acids is 1. The zero-order chi connectivity index (χ0) is 87.0. The molecule has 622 valence electrons. The standard InChI is InChI=1S/C26H20F2N4O2S.C18H21N3O2S.C13H9F2NO3.C11H10BrNO.C8H7N.C7H14N2O2S.C3H4Br2O/c1-15-24(19-12-29-22-7-3-2-5-17(19)22)31-23(35-15)13-30-25(33)18-6-4-10-32(26(18)34)14-16-8-9-20(27)21(28)11-16;1-11-16(13-7-8-14-12(13)6-5-9-19-14)21-15(24-11)10-20-17(22)23-18(2,3)4;14-10-4-3-8(6-11(10)15)7-16-5-1-2-9(12(16)17)13(18)19;1-7(12)11(14)9-4-5-10-8(9)3-2-6-13-10;1-3-7-4-2-6-9-8(7)5-1;1-7(2,3)11-6(10)9-4-5(8)12;1-2(4)3(5)6/h2-12,29H,13-14H2,1H3,(H,30,33);5-7,9H,8,10H2,1-4H3,(H,20,22);1-6H,7H2,(H,18,19);2-4,6-7H,5H2,1H3;1-4,6H,5H2;4H2,1-3H3,(H2,8,12)(H,9,10);2H,1H3. The van der Waals surface area contributed by atoms with Crippen molar-refractivity contribution in [3.63, 3.8) is 0 Å². The number of allylic oxidation sites excluding steroid dienone is 4. The summed E-state index contributed by atoms with van der Waals surface area (Å²) in [5.41, 5.74) is 15.8. The van der Waals surface area contributed by atoms with Gasteiger partial charge in [-0.25, -0.2) is 41.9 Å². The first-order valence-corrected chi connectivity index (χ1v) is 41.4. The van der Waals surface area contributed by atoms with Gasteiger partial charge in [-0.1, -0.05) is 117 Å². The van der Waals surface area contributed by atoms with E-state index < -0.39 is 69.7 Å². The van der Waals surface area contributed by atoms with Crippen LogP contribution < -0.4 is 32.8 Å². The van der Waals surface area contributed by atoms with Crippen LogP contribution in [0.1, 0.15) is 146 Å². The number of aromatic carboxylic acids is 1. The number of carbonyl (C=O) groups is 6. The van der Waals surface area contributed by atoms with Crippen molar-refractivity contribution in [3.05, 3.63) is 302 Å². The molecule has 0 bridgehead atoms. The van der Waals surface area contributed by atoms with Gasteiger partial charge < -0.3 is 50.4 Å². The second-order valence-corrected chi connectivity index (χ2v) is 35.0. The third-order valence-electron chi connectivity index (χ3n) is 16.8. The first-order chi connectivity index (χ1) is 56.3. The molecule has 119 heavy (non-hydrogen) atoms. The number of amides is 3. The molecule has 23 nitrogen and oxygen atoms in total. The first kappa shape index (κ1) is 93.4.